The number of nitrogens with two attached hydrogens (primary N) is 1. The molecule has 0 saturated carbocycles. The number of thiophene rings is 1. The van der Waals surface area contributed by atoms with Crippen molar-refractivity contribution < 1.29 is 9.84 Å². The normalized spacial score (nSPS) is 21.9. The third kappa shape index (κ3) is 2.15. The molecule has 3 N–H and O–H groups in total. The summed E-state index contributed by atoms with van der Waals surface area (Å²) < 4.78 is 5.35. The lowest BCUT2D eigenvalue weighted by Crippen LogP contribution is -2.41. The van der Waals surface area contributed by atoms with Crippen molar-refractivity contribution >= 4 is 11.3 Å². The molecule has 2 rings (SSSR count). The van der Waals surface area contributed by atoms with Gasteiger partial charge in [-0.15, -0.1) is 11.3 Å². The maximum atomic E-state index is 10.5. The highest BCUT2D eigenvalue weighted by Gasteiger charge is 2.39. The number of hydrogen-bond acceptors (Lipinski definition) is 4. The van der Waals surface area contributed by atoms with Crippen LogP contribution in [0.1, 0.15) is 28.7 Å². The Hall–Kier alpha value is -0.420. The van der Waals surface area contributed by atoms with Crippen LogP contribution in [-0.2, 0) is 4.74 Å². The van der Waals surface area contributed by atoms with Gasteiger partial charge in [-0.05, 0) is 31.9 Å². The fourth-order valence-electron chi connectivity index (χ4n) is 2.27. The quantitative estimate of drug-likeness (QED) is 0.849. The van der Waals surface area contributed by atoms with Crippen LogP contribution in [0, 0.1) is 12.3 Å². The first-order valence-electron chi connectivity index (χ1n) is 5.70. The zero-order valence-corrected chi connectivity index (χ0v) is 10.4. The molecule has 1 atom stereocenters. The Morgan fingerprint density at radius 3 is 2.69 bits per heavy atom. The maximum Gasteiger partial charge on any atom is 0.0951 e. The van der Waals surface area contributed by atoms with E-state index in [0.717, 1.165) is 17.7 Å². The number of aryl methyl sites for hydroxylation is 1. The number of aliphatic hydroxyl groups is 1. The van der Waals surface area contributed by atoms with Gasteiger partial charge in [0.25, 0.3) is 0 Å². The third-order valence-corrected chi connectivity index (χ3v) is 4.56. The standard InChI is InChI=1S/C12H19NO2S/c1-9-2-3-10(16-9)11(14)12(8-13)4-6-15-7-5-12/h2-3,11,14H,4-8,13H2,1H3. The lowest BCUT2D eigenvalue weighted by atomic mass is 9.75. The molecule has 1 unspecified atom stereocenters. The molecule has 4 heteroatoms. The summed E-state index contributed by atoms with van der Waals surface area (Å²) in [4.78, 5) is 2.26. The van der Waals surface area contributed by atoms with Gasteiger partial charge in [0.1, 0.15) is 0 Å². The minimum absolute atomic E-state index is 0.185. The monoisotopic (exact) mass is 241 g/mol. The van der Waals surface area contributed by atoms with Crippen LogP contribution in [0.4, 0.5) is 0 Å². The SMILES string of the molecule is Cc1ccc(C(O)C2(CN)CCOCC2)s1. The molecule has 0 amide bonds. The Labute approximate surface area is 100 Å². The summed E-state index contributed by atoms with van der Waals surface area (Å²) in [6.07, 6.45) is 1.25. The van der Waals surface area contributed by atoms with Gasteiger partial charge in [-0.1, -0.05) is 0 Å². The molecule has 90 valence electrons. The Bertz CT molecular complexity index is 345. The summed E-state index contributed by atoms with van der Waals surface area (Å²) in [5, 5.41) is 10.5. The van der Waals surface area contributed by atoms with Gasteiger partial charge >= 0.3 is 0 Å². The molecule has 1 aliphatic heterocycles. The lowest BCUT2D eigenvalue weighted by molar-refractivity contribution is -0.0567. The zero-order valence-electron chi connectivity index (χ0n) is 9.61. The first-order valence-corrected chi connectivity index (χ1v) is 6.52. The molecule has 0 radical (unpaired) electrons. The van der Waals surface area contributed by atoms with E-state index in [1.165, 1.54) is 4.88 Å². The molecule has 0 bridgehead atoms. The molecule has 1 aromatic heterocycles. The van der Waals surface area contributed by atoms with E-state index < -0.39 is 6.10 Å². The summed E-state index contributed by atoms with van der Waals surface area (Å²) in [5.74, 6) is 0. The fourth-order valence-corrected chi connectivity index (χ4v) is 3.27. The van der Waals surface area contributed by atoms with Crippen molar-refractivity contribution in [3.05, 3.63) is 21.9 Å². The first-order chi connectivity index (χ1) is 7.68. The predicted molar refractivity (Wildman–Crippen MR) is 65.6 cm³/mol. The van der Waals surface area contributed by atoms with E-state index in [0.29, 0.717) is 19.8 Å². The second kappa shape index (κ2) is 4.84. The van der Waals surface area contributed by atoms with Crippen LogP contribution < -0.4 is 5.73 Å². The van der Waals surface area contributed by atoms with Gasteiger partial charge in [0.05, 0.1) is 6.10 Å². The van der Waals surface area contributed by atoms with E-state index in [1.807, 2.05) is 12.1 Å². The van der Waals surface area contributed by atoms with Crippen LogP contribution in [0.3, 0.4) is 0 Å². The van der Waals surface area contributed by atoms with Crippen molar-refractivity contribution in [2.45, 2.75) is 25.9 Å². The molecule has 1 aromatic rings. The van der Waals surface area contributed by atoms with Crippen molar-refractivity contribution in [3.8, 4) is 0 Å². The number of rotatable bonds is 3. The summed E-state index contributed by atoms with van der Waals surface area (Å²) in [6, 6.07) is 4.06. The maximum absolute atomic E-state index is 10.5. The number of aliphatic hydroxyl groups excluding tert-OH is 1. The summed E-state index contributed by atoms with van der Waals surface area (Å²) >= 11 is 1.66. The average Bonchev–Trinajstić information content (AvgIpc) is 2.76. The second-order valence-electron chi connectivity index (χ2n) is 4.53. The largest absolute Gasteiger partial charge is 0.387 e. The Morgan fingerprint density at radius 2 is 2.19 bits per heavy atom. The van der Waals surface area contributed by atoms with Crippen LogP contribution in [0.25, 0.3) is 0 Å². The van der Waals surface area contributed by atoms with Crippen molar-refractivity contribution in [2.75, 3.05) is 19.8 Å². The predicted octanol–water partition coefficient (Wildman–Crippen LogP) is 1.85. The molecular formula is C12H19NO2S. The highest BCUT2D eigenvalue weighted by molar-refractivity contribution is 7.12. The van der Waals surface area contributed by atoms with Gasteiger partial charge in [-0.25, -0.2) is 0 Å². The van der Waals surface area contributed by atoms with Gasteiger partial charge in [-0.2, -0.15) is 0 Å². The van der Waals surface area contributed by atoms with E-state index in [4.69, 9.17) is 10.5 Å². The van der Waals surface area contributed by atoms with Crippen LogP contribution in [-0.4, -0.2) is 24.9 Å². The summed E-state index contributed by atoms with van der Waals surface area (Å²) in [7, 11) is 0. The van der Waals surface area contributed by atoms with Crippen molar-refractivity contribution in [3.63, 3.8) is 0 Å². The van der Waals surface area contributed by atoms with Crippen LogP contribution in [0.15, 0.2) is 12.1 Å². The molecule has 1 aliphatic rings. The van der Waals surface area contributed by atoms with E-state index in [9.17, 15) is 5.11 Å². The molecule has 1 fully saturated rings. The third-order valence-electron chi connectivity index (χ3n) is 3.51. The van der Waals surface area contributed by atoms with Crippen molar-refractivity contribution in [2.24, 2.45) is 11.1 Å². The van der Waals surface area contributed by atoms with Gasteiger partial charge in [0.2, 0.25) is 0 Å². The van der Waals surface area contributed by atoms with E-state index in [2.05, 4.69) is 6.92 Å². The highest BCUT2D eigenvalue weighted by Crippen LogP contribution is 2.43. The highest BCUT2D eigenvalue weighted by atomic mass is 32.1. The Balaban J connectivity index is 2.20. The molecule has 0 aliphatic carbocycles. The molecular weight excluding hydrogens is 222 g/mol. The van der Waals surface area contributed by atoms with Gasteiger partial charge < -0.3 is 15.6 Å². The molecule has 16 heavy (non-hydrogen) atoms. The zero-order chi connectivity index (χ0) is 11.6. The minimum atomic E-state index is -0.444. The smallest absolute Gasteiger partial charge is 0.0951 e. The number of hydrogen-bond donors (Lipinski definition) is 2. The van der Waals surface area contributed by atoms with Crippen LogP contribution in [0.5, 0.6) is 0 Å². The van der Waals surface area contributed by atoms with Gasteiger partial charge in [-0.3, -0.25) is 0 Å². The molecule has 0 spiro atoms. The van der Waals surface area contributed by atoms with Gasteiger partial charge in [0, 0.05) is 34.9 Å². The first kappa shape index (κ1) is 12.0. The topological polar surface area (TPSA) is 55.5 Å². The summed E-state index contributed by atoms with van der Waals surface area (Å²) in [5.41, 5.74) is 5.69. The molecule has 3 nitrogen and oxygen atoms in total. The van der Waals surface area contributed by atoms with E-state index in [1.54, 1.807) is 11.3 Å². The Kier molecular flexibility index (Phi) is 3.64. The fraction of sp³-hybridized carbons (Fsp3) is 0.667. The second-order valence-corrected chi connectivity index (χ2v) is 5.85. The Morgan fingerprint density at radius 1 is 1.50 bits per heavy atom. The van der Waals surface area contributed by atoms with Crippen molar-refractivity contribution in [1.82, 2.24) is 0 Å². The summed E-state index contributed by atoms with van der Waals surface area (Å²) in [6.45, 7) is 3.99. The van der Waals surface area contributed by atoms with Crippen molar-refractivity contribution in [1.29, 1.82) is 0 Å². The molecule has 1 saturated heterocycles. The van der Waals surface area contributed by atoms with Crippen LogP contribution in [0.2, 0.25) is 0 Å². The van der Waals surface area contributed by atoms with Gasteiger partial charge in [0.15, 0.2) is 0 Å². The number of ether oxygens (including phenoxy) is 1. The lowest BCUT2D eigenvalue weighted by Gasteiger charge is -2.39. The molecule has 2 heterocycles. The van der Waals surface area contributed by atoms with E-state index >= 15 is 0 Å². The minimum Gasteiger partial charge on any atom is -0.387 e. The van der Waals surface area contributed by atoms with Crippen LogP contribution >= 0.6 is 11.3 Å². The molecule has 0 aromatic carbocycles. The van der Waals surface area contributed by atoms with E-state index in [-0.39, 0.29) is 5.41 Å². The average molecular weight is 241 g/mol.